The molecule has 1 amide bonds. The number of carbonyl (C=O) groups is 1. The first-order chi connectivity index (χ1) is 13.0. The Kier molecular flexibility index (Phi) is 5.87. The van der Waals surface area contributed by atoms with E-state index in [0.29, 0.717) is 11.7 Å². The van der Waals surface area contributed by atoms with Crippen molar-refractivity contribution in [3.8, 4) is 5.75 Å². The summed E-state index contributed by atoms with van der Waals surface area (Å²) in [6.07, 6.45) is 0.983. The van der Waals surface area contributed by atoms with E-state index in [9.17, 15) is 4.79 Å². The highest BCUT2D eigenvalue weighted by Gasteiger charge is 2.14. The zero-order chi connectivity index (χ0) is 19.2. The van der Waals surface area contributed by atoms with Crippen LogP contribution in [0.1, 0.15) is 37.8 Å². The van der Waals surface area contributed by atoms with Crippen LogP contribution in [0.2, 0.25) is 0 Å². The molecule has 1 atom stereocenters. The van der Waals surface area contributed by atoms with Crippen LogP contribution in [0.15, 0.2) is 71.8 Å². The van der Waals surface area contributed by atoms with Crippen molar-refractivity contribution in [3.05, 3.63) is 77.9 Å². The molecule has 1 N–H and O–H groups in total. The normalized spacial score (nSPS) is 12.4. The summed E-state index contributed by atoms with van der Waals surface area (Å²) < 4.78 is 5.74. The summed E-state index contributed by atoms with van der Waals surface area (Å²) >= 11 is 0. The smallest absolute Gasteiger partial charge is 0.280 e. The molecular formula is C23H24N2O2. The van der Waals surface area contributed by atoms with Crippen LogP contribution in [0, 0.1) is 0 Å². The van der Waals surface area contributed by atoms with Crippen molar-refractivity contribution < 1.29 is 9.53 Å². The molecule has 0 aliphatic carbocycles. The van der Waals surface area contributed by atoms with Crippen LogP contribution >= 0.6 is 0 Å². The van der Waals surface area contributed by atoms with Gasteiger partial charge in [-0.05, 0) is 46.9 Å². The Labute approximate surface area is 159 Å². The van der Waals surface area contributed by atoms with Gasteiger partial charge in [0.25, 0.3) is 5.91 Å². The number of hydrogen-bond acceptors (Lipinski definition) is 3. The van der Waals surface area contributed by atoms with Crippen LogP contribution in [0.5, 0.6) is 5.75 Å². The molecule has 3 rings (SSSR count). The number of amides is 1. The lowest BCUT2D eigenvalue weighted by Gasteiger charge is -2.13. The largest absolute Gasteiger partial charge is 0.481 e. The Hall–Kier alpha value is -3.14. The average molecular weight is 360 g/mol. The van der Waals surface area contributed by atoms with Gasteiger partial charge in [-0.15, -0.1) is 0 Å². The number of ether oxygens (including phenoxy) is 1. The van der Waals surface area contributed by atoms with E-state index in [1.54, 1.807) is 13.1 Å². The van der Waals surface area contributed by atoms with E-state index in [4.69, 9.17) is 4.74 Å². The summed E-state index contributed by atoms with van der Waals surface area (Å²) in [4.78, 5) is 12.2. The first kappa shape index (κ1) is 18.6. The number of nitrogens with zero attached hydrogens (tertiary/aromatic N) is 1. The first-order valence-corrected chi connectivity index (χ1v) is 9.11. The lowest BCUT2D eigenvalue weighted by Crippen LogP contribution is -2.33. The van der Waals surface area contributed by atoms with E-state index in [1.807, 2.05) is 54.6 Å². The number of fused-ring (bicyclic) bond motifs is 1. The minimum atomic E-state index is -0.647. The zero-order valence-electron chi connectivity index (χ0n) is 15.8. The molecule has 27 heavy (non-hydrogen) atoms. The Morgan fingerprint density at radius 2 is 1.67 bits per heavy atom. The van der Waals surface area contributed by atoms with Gasteiger partial charge in [0.1, 0.15) is 5.75 Å². The van der Waals surface area contributed by atoms with E-state index in [1.165, 1.54) is 5.56 Å². The van der Waals surface area contributed by atoms with Gasteiger partial charge in [-0.2, -0.15) is 5.10 Å². The second-order valence-corrected chi connectivity index (χ2v) is 6.82. The van der Waals surface area contributed by atoms with Gasteiger partial charge in [-0.3, -0.25) is 4.79 Å². The fourth-order valence-corrected chi connectivity index (χ4v) is 2.73. The molecule has 0 fully saturated rings. The second-order valence-electron chi connectivity index (χ2n) is 6.82. The fraction of sp³-hybridized carbons (Fsp3) is 0.217. The number of benzene rings is 3. The summed E-state index contributed by atoms with van der Waals surface area (Å²) in [5.74, 6) is 0.853. The summed E-state index contributed by atoms with van der Waals surface area (Å²) in [5.41, 5.74) is 4.74. The molecule has 4 heteroatoms. The van der Waals surface area contributed by atoms with E-state index in [0.717, 1.165) is 16.3 Å². The van der Waals surface area contributed by atoms with Crippen LogP contribution in [-0.4, -0.2) is 18.2 Å². The SMILES string of the molecule is CC(Oc1ccc2ccccc2c1)C(=O)NN=Cc1ccc(C(C)C)cc1. The highest BCUT2D eigenvalue weighted by atomic mass is 16.5. The third-order valence-corrected chi connectivity index (χ3v) is 4.39. The van der Waals surface area contributed by atoms with Crippen molar-refractivity contribution >= 4 is 22.9 Å². The van der Waals surface area contributed by atoms with Gasteiger partial charge in [-0.1, -0.05) is 68.4 Å². The Bertz CT molecular complexity index is 946. The average Bonchev–Trinajstić information content (AvgIpc) is 2.68. The molecule has 0 saturated heterocycles. The molecule has 3 aromatic rings. The molecule has 3 aromatic carbocycles. The summed E-state index contributed by atoms with van der Waals surface area (Å²) in [5, 5.41) is 6.23. The minimum absolute atomic E-state index is 0.293. The molecule has 0 heterocycles. The molecule has 0 aliphatic rings. The van der Waals surface area contributed by atoms with E-state index >= 15 is 0 Å². The van der Waals surface area contributed by atoms with Crippen LogP contribution in [-0.2, 0) is 4.79 Å². The number of rotatable bonds is 6. The lowest BCUT2D eigenvalue weighted by molar-refractivity contribution is -0.127. The molecular weight excluding hydrogens is 336 g/mol. The third kappa shape index (κ3) is 4.94. The Morgan fingerprint density at radius 3 is 2.37 bits per heavy atom. The predicted octanol–water partition coefficient (Wildman–Crippen LogP) is 4.88. The molecule has 138 valence electrons. The number of hydrogen-bond donors (Lipinski definition) is 1. The summed E-state index contributed by atoms with van der Waals surface area (Å²) in [7, 11) is 0. The van der Waals surface area contributed by atoms with Crippen molar-refractivity contribution in [2.75, 3.05) is 0 Å². The molecule has 1 unspecified atom stereocenters. The van der Waals surface area contributed by atoms with Gasteiger partial charge in [0, 0.05) is 0 Å². The van der Waals surface area contributed by atoms with E-state index in [-0.39, 0.29) is 5.91 Å². The zero-order valence-corrected chi connectivity index (χ0v) is 15.8. The van der Waals surface area contributed by atoms with Crippen molar-refractivity contribution in [1.82, 2.24) is 5.43 Å². The number of carbonyl (C=O) groups excluding carboxylic acids is 1. The van der Waals surface area contributed by atoms with Gasteiger partial charge >= 0.3 is 0 Å². The summed E-state index contributed by atoms with van der Waals surface area (Å²) in [6, 6.07) is 21.9. The third-order valence-electron chi connectivity index (χ3n) is 4.39. The van der Waals surface area contributed by atoms with E-state index < -0.39 is 6.10 Å². The van der Waals surface area contributed by atoms with Crippen LogP contribution in [0.4, 0.5) is 0 Å². The maximum Gasteiger partial charge on any atom is 0.280 e. The number of hydrazone groups is 1. The minimum Gasteiger partial charge on any atom is -0.481 e. The lowest BCUT2D eigenvalue weighted by atomic mass is 10.0. The molecule has 4 nitrogen and oxygen atoms in total. The van der Waals surface area contributed by atoms with Crippen LogP contribution in [0.25, 0.3) is 10.8 Å². The second kappa shape index (κ2) is 8.49. The van der Waals surface area contributed by atoms with Crippen molar-refractivity contribution in [2.24, 2.45) is 5.10 Å². The maximum absolute atomic E-state index is 12.2. The van der Waals surface area contributed by atoms with Crippen LogP contribution < -0.4 is 10.2 Å². The Balaban J connectivity index is 1.56. The number of nitrogens with one attached hydrogen (secondary N) is 1. The standard InChI is InChI=1S/C23H24N2O2/c1-16(2)19-10-8-18(9-11-19)15-24-25-23(26)17(3)27-22-13-12-20-6-4-5-7-21(20)14-22/h4-17H,1-3H3,(H,25,26). The van der Waals surface area contributed by atoms with Crippen molar-refractivity contribution in [3.63, 3.8) is 0 Å². The molecule has 0 radical (unpaired) electrons. The van der Waals surface area contributed by atoms with Gasteiger partial charge < -0.3 is 4.74 Å². The maximum atomic E-state index is 12.2. The molecule has 0 spiro atoms. The topological polar surface area (TPSA) is 50.7 Å². The monoisotopic (exact) mass is 360 g/mol. The predicted molar refractivity (Wildman–Crippen MR) is 110 cm³/mol. The van der Waals surface area contributed by atoms with Gasteiger partial charge in [-0.25, -0.2) is 5.43 Å². The molecule has 0 aliphatic heterocycles. The van der Waals surface area contributed by atoms with E-state index in [2.05, 4.69) is 36.5 Å². The van der Waals surface area contributed by atoms with Crippen LogP contribution in [0.3, 0.4) is 0 Å². The highest BCUT2D eigenvalue weighted by Crippen LogP contribution is 2.21. The summed E-state index contributed by atoms with van der Waals surface area (Å²) in [6.45, 7) is 6.01. The van der Waals surface area contributed by atoms with Gasteiger partial charge in [0.2, 0.25) is 0 Å². The first-order valence-electron chi connectivity index (χ1n) is 9.11. The van der Waals surface area contributed by atoms with Crippen molar-refractivity contribution in [1.29, 1.82) is 0 Å². The molecule has 0 bridgehead atoms. The Morgan fingerprint density at radius 1 is 0.963 bits per heavy atom. The molecule has 0 aromatic heterocycles. The van der Waals surface area contributed by atoms with Gasteiger partial charge in [0.05, 0.1) is 6.21 Å². The van der Waals surface area contributed by atoms with Crippen molar-refractivity contribution in [2.45, 2.75) is 32.8 Å². The van der Waals surface area contributed by atoms with Gasteiger partial charge in [0.15, 0.2) is 6.10 Å². The molecule has 0 saturated carbocycles. The highest BCUT2D eigenvalue weighted by molar-refractivity contribution is 5.85. The fourth-order valence-electron chi connectivity index (χ4n) is 2.73. The quantitative estimate of drug-likeness (QED) is 0.503.